The van der Waals surface area contributed by atoms with E-state index in [0.717, 1.165) is 37.4 Å². The quantitative estimate of drug-likeness (QED) is 0.807. The van der Waals surface area contributed by atoms with E-state index in [-0.39, 0.29) is 0 Å². The van der Waals surface area contributed by atoms with Gasteiger partial charge in [-0.2, -0.15) is 0 Å². The molecule has 0 spiro atoms. The van der Waals surface area contributed by atoms with Gasteiger partial charge < -0.3 is 15.0 Å². The minimum absolute atomic E-state index is 0.728. The highest BCUT2D eigenvalue weighted by Crippen LogP contribution is 2.26. The number of rotatable bonds is 6. The second-order valence-electron chi connectivity index (χ2n) is 6.02. The number of nitrogens with zero attached hydrogens (tertiary/aromatic N) is 1. The zero-order valence-corrected chi connectivity index (χ0v) is 12.3. The summed E-state index contributed by atoms with van der Waals surface area (Å²) in [5, 5.41) is 3.71. The van der Waals surface area contributed by atoms with Crippen LogP contribution in [0.1, 0.15) is 32.1 Å². The molecule has 2 unspecified atom stereocenters. The van der Waals surface area contributed by atoms with Crippen molar-refractivity contribution in [3.63, 3.8) is 0 Å². The molecule has 3 heteroatoms. The van der Waals surface area contributed by atoms with Gasteiger partial charge in [-0.25, -0.2) is 0 Å². The summed E-state index contributed by atoms with van der Waals surface area (Å²) < 4.78 is 5.72. The van der Waals surface area contributed by atoms with Crippen LogP contribution in [0.15, 0.2) is 30.3 Å². The van der Waals surface area contributed by atoms with Crippen LogP contribution in [0.5, 0.6) is 5.75 Å². The number of fused-ring (bicyclic) bond motifs is 1. The van der Waals surface area contributed by atoms with Gasteiger partial charge in [-0.15, -0.1) is 0 Å². The second-order valence-corrected chi connectivity index (χ2v) is 6.02. The van der Waals surface area contributed by atoms with Gasteiger partial charge in [0.25, 0.3) is 0 Å². The maximum atomic E-state index is 5.72. The maximum absolute atomic E-state index is 5.72. The fourth-order valence-corrected chi connectivity index (χ4v) is 3.49. The van der Waals surface area contributed by atoms with Crippen molar-refractivity contribution in [3.05, 3.63) is 30.3 Å². The van der Waals surface area contributed by atoms with E-state index in [4.69, 9.17) is 4.74 Å². The molecule has 2 aliphatic heterocycles. The summed E-state index contributed by atoms with van der Waals surface area (Å²) in [5.41, 5.74) is 0. The lowest BCUT2D eigenvalue weighted by molar-refractivity contribution is 0.166. The van der Waals surface area contributed by atoms with Crippen LogP contribution in [0, 0.1) is 0 Å². The fraction of sp³-hybridized carbons (Fsp3) is 0.647. The number of piperidine rings is 1. The number of benzene rings is 1. The van der Waals surface area contributed by atoms with E-state index in [2.05, 4.69) is 10.2 Å². The Labute approximate surface area is 122 Å². The van der Waals surface area contributed by atoms with E-state index in [1.165, 1.54) is 38.8 Å². The Bertz CT molecular complexity index is 395. The Morgan fingerprint density at radius 2 is 2.05 bits per heavy atom. The predicted molar refractivity (Wildman–Crippen MR) is 82.2 cm³/mol. The molecule has 0 aliphatic carbocycles. The minimum Gasteiger partial charge on any atom is -0.494 e. The molecule has 0 radical (unpaired) electrons. The van der Waals surface area contributed by atoms with Crippen molar-refractivity contribution < 1.29 is 4.74 Å². The van der Waals surface area contributed by atoms with Crippen molar-refractivity contribution in [1.29, 1.82) is 0 Å². The van der Waals surface area contributed by atoms with Crippen LogP contribution < -0.4 is 10.1 Å². The second kappa shape index (κ2) is 7.09. The highest BCUT2D eigenvalue weighted by Gasteiger charge is 2.31. The van der Waals surface area contributed by atoms with Gasteiger partial charge in [0, 0.05) is 12.1 Å². The average Bonchev–Trinajstić information content (AvgIpc) is 2.95. The van der Waals surface area contributed by atoms with Gasteiger partial charge in [-0.05, 0) is 63.9 Å². The molecular formula is C17H26N2O. The lowest BCUT2D eigenvalue weighted by Crippen LogP contribution is -2.45. The van der Waals surface area contributed by atoms with E-state index < -0.39 is 0 Å². The summed E-state index contributed by atoms with van der Waals surface area (Å²) in [5.74, 6) is 0.978. The molecule has 1 aromatic rings. The van der Waals surface area contributed by atoms with E-state index in [9.17, 15) is 0 Å². The van der Waals surface area contributed by atoms with Crippen molar-refractivity contribution in [2.45, 2.75) is 44.2 Å². The monoisotopic (exact) mass is 274 g/mol. The molecule has 0 bridgehead atoms. The first kappa shape index (κ1) is 13.9. The van der Waals surface area contributed by atoms with E-state index in [1.807, 2.05) is 30.3 Å². The van der Waals surface area contributed by atoms with Crippen molar-refractivity contribution in [3.8, 4) is 5.75 Å². The van der Waals surface area contributed by atoms with Crippen LogP contribution in [0.3, 0.4) is 0 Å². The molecule has 1 aromatic carbocycles. The summed E-state index contributed by atoms with van der Waals surface area (Å²) in [7, 11) is 0. The minimum atomic E-state index is 0.728. The molecule has 2 heterocycles. The topological polar surface area (TPSA) is 24.5 Å². The number of para-hydroxylation sites is 1. The third kappa shape index (κ3) is 3.74. The van der Waals surface area contributed by atoms with Gasteiger partial charge >= 0.3 is 0 Å². The van der Waals surface area contributed by atoms with Crippen molar-refractivity contribution >= 4 is 0 Å². The molecule has 1 N–H and O–H groups in total. The van der Waals surface area contributed by atoms with Gasteiger partial charge in [0.2, 0.25) is 0 Å². The van der Waals surface area contributed by atoms with Crippen LogP contribution in [0.4, 0.5) is 0 Å². The van der Waals surface area contributed by atoms with Crippen molar-refractivity contribution in [2.24, 2.45) is 0 Å². The van der Waals surface area contributed by atoms with Crippen molar-refractivity contribution in [1.82, 2.24) is 10.2 Å². The Balaban J connectivity index is 1.28. The Hall–Kier alpha value is -1.06. The molecule has 3 rings (SSSR count). The van der Waals surface area contributed by atoms with Crippen molar-refractivity contribution in [2.75, 3.05) is 26.2 Å². The number of hydrogen-bond donors (Lipinski definition) is 1. The molecule has 0 saturated carbocycles. The zero-order valence-electron chi connectivity index (χ0n) is 12.3. The fourth-order valence-electron chi connectivity index (χ4n) is 3.49. The molecular weight excluding hydrogens is 248 g/mol. The first-order valence-electron chi connectivity index (χ1n) is 8.07. The van der Waals surface area contributed by atoms with Gasteiger partial charge in [0.15, 0.2) is 0 Å². The third-order valence-corrected chi connectivity index (χ3v) is 4.59. The third-order valence-electron chi connectivity index (χ3n) is 4.59. The Morgan fingerprint density at radius 3 is 2.95 bits per heavy atom. The summed E-state index contributed by atoms with van der Waals surface area (Å²) in [6.45, 7) is 4.51. The summed E-state index contributed by atoms with van der Waals surface area (Å²) >= 11 is 0. The van der Waals surface area contributed by atoms with Gasteiger partial charge in [-0.1, -0.05) is 18.2 Å². The highest BCUT2D eigenvalue weighted by molar-refractivity contribution is 5.20. The van der Waals surface area contributed by atoms with E-state index in [1.54, 1.807) is 0 Å². The van der Waals surface area contributed by atoms with E-state index >= 15 is 0 Å². The first-order chi connectivity index (χ1) is 9.92. The highest BCUT2D eigenvalue weighted by atomic mass is 16.5. The largest absolute Gasteiger partial charge is 0.494 e. The van der Waals surface area contributed by atoms with Gasteiger partial charge in [-0.3, -0.25) is 0 Å². The standard InChI is InChI=1S/C17H26N2O/c1-2-7-17(8-3-1)20-13-5-10-18-15-9-12-19-11-4-6-16(19)14-15/h1-3,7-8,15-16,18H,4-6,9-14H2. The lowest BCUT2D eigenvalue weighted by atomic mass is 9.97. The first-order valence-corrected chi connectivity index (χ1v) is 8.07. The van der Waals surface area contributed by atoms with Crippen LogP contribution >= 0.6 is 0 Å². The number of hydrogen-bond acceptors (Lipinski definition) is 3. The van der Waals surface area contributed by atoms with Gasteiger partial charge in [0.05, 0.1) is 6.61 Å². The maximum Gasteiger partial charge on any atom is 0.119 e. The normalized spacial score (nSPS) is 26.4. The number of nitrogens with one attached hydrogen (secondary N) is 1. The lowest BCUT2D eigenvalue weighted by Gasteiger charge is -2.35. The molecule has 2 saturated heterocycles. The van der Waals surface area contributed by atoms with E-state index in [0.29, 0.717) is 0 Å². The van der Waals surface area contributed by atoms with Gasteiger partial charge in [0.1, 0.15) is 5.75 Å². The predicted octanol–water partition coefficient (Wildman–Crippen LogP) is 2.67. The molecule has 3 nitrogen and oxygen atoms in total. The number of ether oxygens (including phenoxy) is 1. The average molecular weight is 274 g/mol. The Kier molecular flexibility index (Phi) is 4.93. The van der Waals surface area contributed by atoms with Crippen LogP contribution in [0.25, 0.3) is 0 Å². The molecule has 0 aromatic heterocycles. The van der Waals surface area contributed by atoms with Crippen LogP contribution in [-0.2, 0) is 0 Å². The van der Waals surface area contributed by atoms with Crippen LogP contribution in [0.2, 0.25) is 0 Å². The zero-order chi connectivity index (χ0) is 13.6. The molecule has 2 aliphatic rings. The Morgan fingerprint density at radius 1 is 1.15 bits per heavy atom. The molecule has 2 atom stereocenters. The molecule has 0 amide bonds. The summed E-state index contributed by atoms with van der Waals surface area (Å²) in [4.78, 5) is 2.68. The summed E-state index contributed by atoms with van der Waals surface area (Å²) in [6.07, 6.45) is 6.56. The molecule has 20 heavy (non-hydrogen) atoms. The summed E-state index contributed by atoms with van der Waals surface area (Å²) in [6, 6.07) is 11.7. The SMILES string of the molecule is c1ccc(OCCCNC2CCN3CCCC3C2)cc1. The smallest absolute Gasteiger partial charge is 0.119 e. The van der Waals surface area contributed by atoms with Crippen LogP contribution in [-0.4, -0.2) is 43.2 Å². The molecule has 110 valence electrons. The molecule has 2 fully saturated rings.